The van der Waals surface area contributed by atoms with Gasteiger partial charge in [0.05, 0.1) is 38.5 Å². The van der Waals surface area contributed by atoms with E-state index in [0.29, 0.717) is 18.9 Å². The van der Waals surface area contributed by atoms with Crippen LogP contribution in [0.5, 0.6) is 11.5 Å². The Morgan fingerprint density at radius 3 is 2.50 bits per heavy atom. The Kier molecular flexibility index (Phi) is 5.96. The lowest BCUT2D eigenvalue weighted by Crippen LogP contribution is -3.15. The Hall–Kier alpha value is -2.73. The average molecular weight is 356 g/mol. The largest absolute Gasteiger partial charge is 0.506 e. The van der Waals surface area contributed by atoms with Crippen molar-refractivity contribution in [3.63, 3.8) is 0 Å². The third-order valence-electron chi connectivity index (χ3n) is 4.55. The van der Waals surface area contributed by atoms with Gasteiger partial charge in [0.1, 0.15) is 11.5 Å². The number of aromatic hydroxyl groups is 1. The molecule has 0 atom stereocenters. The summed E-state index contributed by atoms with van der Waals surface area (Å²) in [6.45, 7) is 6.39. The van der Waals surface area contributed by atoms with Crippen LogP contribution < -0.4 is 19.9 Å². The molecule has 0 unspecified atom stereocenters. The molecule has 0 spiro atoms. The molecule has 1 amide bonds. The van der Waals surface area contributed by atoms with Gasteiger partial charge in [0.15, 0.2) is 6.54 Å². The summed E-state index contributed by atoms with van der Waals surface area (Å²) in [5.74, 6) is 1.13. The van der Waals surface area contributed by atoms with Gasteiger partial charge < -0.3 is 25.0 Å². The number of anilines is 2. The number of nitrogens with one attached hydrogen (secondary N) is 2. The van der Waals surface area contributed by atoms with Crippen LogP contribution in [0.1, 0.15) is 6.92 Å². The van der Waals surface area contributed by atoms with Crippen LogP contribution in [0.15, 0.2) is 48.5 Å². The van der Waals surface area contributed by atoms with Crippen molar-refractivity contribution in [1.29, 1.82) is 0 Å². The minimum Gasteiger partial charge on any atom is -0.506 e. The molecule has 6 heteroatoms. The van der Waals surface area contributed by atoms with Crippen molar-refractivity contribution < 1.29 is 19.5 Å². The fraction of sp³-hybridized carbons (Fsp3) is 0.350. The van der Waals surface area contributed by atoms with Gasteiger partial charge >= 0.3 is 0 Å². The number of hydrogen-bond acceptors (Lipinski definition) is 4. The van der Waals surface area contributed by atoms with Gasteiger partial charge in [-0.2, -0.15) is 0 Å². The lowest BCUT2D eigenvalue weighted by Gasteiger charge is -2.33. The van der Waals surface area contributed by atoms with Crippen molar-refractivity contribution in [1.82, 2.24) is 0 Å². The number of benzene rings is 2. The molecular weight excluding hydrogens is 330 g/mol. The summed E-state index contributed by atoms with van der Waals surface area (Å²) in [5, 5.41) is 12.9. The molecular formula is C20H26N3O3+. The van der Waals surface area contributed by atoms with E-state index < -0.39 is 0 Å². The van der Waals surface area contributed by atoms with Crippen LogP contribution >= 0.6 is 0 Å². The predicted molar refractivity (Wildman–Crippen MR) is 102 cm³/mol. The lowest BCUT2D eigenvalue weighted by atomic mass is 10.2. The van der Waals surface area contributed by atoms with Gasteiger partial charge in [-0.1, -0.05) is 12.1 Å². The van der Waals surface area contributed by atoms with E-state index in [1.165, 1.54) is 4.90 Å². The number of carbonyl (C=O) groups excluding carboxylic acids is 1. The number of piperazine rings is 1. The SMILES string of the molecule is CCOc1ccc(NC(=O)C[NH+]2CCN(c3ccccc3O)CC2)cc1. The molecule has 0 bridgehead atoms. The maximum Gasteiger partial charge on any atom is 0.279 e. The molecule has 2 aromatic rings. The third kappa shape index (κ3) is 4.67. The number of phenolic OH excluding ortho intramolecular Hbond substituents is 1. The van der Waals surface area contributed by atoms with Crippen molar-refractivity contribution >= 4 is 17.3 Å². The summed E-state index contributed by atoms with van der Waals surface area (Å²) in [5.41, 5.74) is 1.65. The van der Waals surface area contributed by atoms with Crippen molar-refractivity contribution in [3.8, 4) is 11.5 Å². The lowest BCUT2D eigenvalue weighted by molar-refractivity contribution is -0.892. The van der Waals surface area contributed by atoms with Crippen LogP contribution in [0.25, 0.3) is 0 Å². The normalized spacial score (nSPS) is 14.9. The van der Waals surface area contributed by atoms with E-state index in [9.17, 15) is 9.90 Å². The minimum absolute atomic E-state index is 0.0140. The Morgan fingerprint density at radius 2 is 1.85 bits per heavy atom. The number of para-hydroxylation sites is 2. The monoisotopic (exact) mass is 356 g/mol. The van der Waals surface area contributed by atoms with Crippen molar-refractivity contribution in [2.75, 3.05) is 49.5 Å². The standard InChI is InChI=1S/C20H25N3O3/c1-2-26-17-9-7-16(8-10-17)21-20(25)15-22-11-13-23(14-12-22)18-5-3-4-6-19(18)24/h3-10,24H,2,11-15H2,1H3,(H,21,25)/p+1. The Balaban J connectivity index is 1.46. The summed E-state index contributed by atoms with van der Waals surface area (Å²) in [6.07, 6.45) is 0. The summed E-state index contributed by atoms with van der Waals surface area (Å²) in [4.78, 5) is 15.7. The zero-order valence-electron chi connectivity index (χ0n) is 15.1. The van der Waals surface area contributed by atoms with Crippen LogP contribution in [0, 0.1) is 0 Å². The molecule has 3 rings (SSSR count). The number of nitrogens with zero attached hydrogens (tertiary/aromatic N) is 1. The second-order valence-corrected chi connectivity index (χ2v) is 6.41. The molecule has 0 saturated carbocycles. The summed E-state index contributed by atoms with van der Waals surface area (Å²) >= 11 is 0. The van der Waals surface area contributed by atoms with Crippen LogP contribution in [0.4, 0.5) is 11.4 Å². The topological polar surface area (TPSA) is 66.2 Å². The third-order valence-corrected chi connectivity index (χ3v) is 4.55. The summed E-state index contributed by atoms with van der Waals surface area (Å²) in [7, 11) is 0. The van der Waals surface area contributed by atoms with E-state index in [1.807, 2.05) is 49.4 Å². The Bertz CT molecular complexity index is 725. The minimum atomic E-state index is 0.0140. The highest BCUT2D eigenvalue weighted by atomic mass is 16.5. The zero-order valence-corrected chi connectivity index (χ0v) is 15.1. The maximum absolute atomic E-state index is 12.3. The van der Waals surface area contributed by atoms with Crippen LogP contribution in [-0.2, 0) is 4.79 Å². The molecule has 1 fully saturated rings. The van der Waals surface area contributed by atoms with Crippen molar-refractivity contribution in [2.45, 2.75) is 6.92 Å². The summed E-state index contributed by atoms with van der Waals surface area (Å²) < 4.78 is 5.40. The molecule has 138 valence electrons. The van der Waals surface area contributed by atoms with E-state index >= 15 is 0 Å². The second-order valence-electron chi connectivity index (χ2n) is 6.41. The molecule has 1 saturated heterocycles. The number of amides is 1. The van der Waals surface area contributed by atoms with E-state index in [4.69, 9.17) is 4.74 Å². The van der Waals surface area contributed by atoms with Crippen molar-refractivity contribution in [3.05, 3.63) is 48.5 Å². The van der Waals surface area contributed by atoms with Gasteiger partial charge in [-0.3, -0.25) is 4.79 Å². The van der Waals surface area contributed by atoms with Gasteiger partial charge in [0.25, 0.3) is 5.91 Å². The second kappa shape index (κ2) is 8.58. The van der Waals surface area contributed by atoms with E-state index in [0.717, 1.165) is 43.3 Å². The maximum atomic E-state index is 12.3. The van der Waals surface area contributed by atoms with Gasteiger partial charge in [-0.05, 0) is 43.3 Å². The molecule has 0 radical (unpaired) electrons. The smallest absolute Gasteiger partial charge is 0.279 e. The van der Waals surface area contributed by atoms with Gasteiger partial charge in [-0.25, -0.2) is 0 Å². The first kappa shape index (κ1) is 18.1. The molecule has 1 heterocycles. The van der Waals surface area contributed by atoms with Crippen molar-refractivity contribution in [2.24, 2.45) is 0 Å². The average Bonchev–Trinajstić information content (AvgIpc) is 2.65. The van der Waals surface area contributed by atoms with Crippen LogP contribution in [-0.4, -0.2) is 50.3 Å². The molecule has 1 aliphatic rings. The van der Waals surface area contributed by atoms with Gasteiger partial charge in [0, 0.05) is 5.69 Å². The number of rotatable bonds is 6. The highest BCUT2D eigenvalue weighted by Crippen LogP contribution is 2.25. The summed E-state index contributed by atoms with van der Waals surface area (Å²) in [6, 6.07) is 14.8. The fourth-order valence-corrected chi connectivity index (χ4v) is 3.21. The molecule has 1 aliphatic heterocycles. The van der Waals surface area contributed by atoms with Gasteiger partial charge in [0.2, 0.25) is 0 Å². The van der Waals surface area contributed by atoms with Crippen LogP contribution in [0.2, 0.25) is 0 Å². The molecule has 26 heavy (non-hydrogen) atoms. The molecule has 2 aromatic carbocycles. The first-order valence-electron chi connectivity index (χ1n) is 9.05. The van der Waals surface area contributed by atoms with E-state index in [-0.39, 0.29) is 5.91 Å². The number of carbonyl (C=O) groups is 1. The number of hydrogen-bond donors (Lipinski definition) is 3. The molecule has 0 aromatic heterocycles. The highest BCUT2D eigenvalue weighted by molar-refractivity contribution is 5.91. The van der Waals surface area contributed by atoms with E-state index in [2.05, 4.69) is 10.2 Å². The molecule has 0 aliphatic carbocycles. The quantitative estimate of drug-likeness (QED) is 0.726. The molecule has 6 nitrogen and oxygen atoms in total. The zero-order chi connectivity index (χ0) is 18.4. The Morgan fingerprint density at radius 1 is 1.15 bits per heavy atom. The van der Waals surface area contributed by atoms with E-state index in [1.54, 1.807) is 6.07 Å². The number of quaternary nitrogens is 1. The first-order valence-corrected chi connectivity index (χ1v) is 9.05. The first-order chi connectivity index (χ1) is 12.7. The highest BCUT2D eigenvalue weighted by Gasteiger charge is 2.23. The number of ether oxygens (including phenoxy) is 1. The Labute approximate surface area is 154 Å². The fourth-order valence-electron chi connectivity index (χ4n) is 3.21. The molecule has 3 N–H and O–H groups in total. The predicted octanol–water partition coefficient (Wildman–Crippen LogP) is 1.13. The van der Waals surface area contributed by atoms with Gasteiger partial charge in [-0.15, -0.1) is 0 Å². The number of phenols is 1. The van der Waals surface area contributed by atoms with Crippen LogP contribution in [0.3, 0.4) is 0 Å².